The first-order chi connectivity index (χ1) is 15.0. The molecule has 6 heteroatoms. The third-order valence-electron chi connectivity index (χ3n) is 5.63. The Morgan fingerprint density at radius 3 is 2.13 bits per heavy atom. The van der Waals surface area contributed by atoms with Crippen molar-refractivity contribution in [1.82, 2.24) is 14.5 Å². The third-order valence-corrected chi connectivity index (χ3v) is 5.63. The minimum Gasteiger partial charge on any atom is -0.347 e. The zero-order valence-electron chi connectivity index (χ0n) is 18.0. The molecule has 0 aliphatic rings. The maximum Gasteiger partial charge on any atom is 0.331 e. The van der Waals surface area contributed by atoms with E-state index in [1.54, 1.807) is 0 Å². The molecule has 0 radical (unpaired) electrons. The summed E-state index contributed by atoms with van der Waals surface area (Å²) in [6.07, 6.45) is 3.29. The van der Waals surface area contributed by atoms with E-state index in [0.29, 0.717) is 6.54 Å². The molecule has 0 spiro atoms. The van der Waals surface area contributed by atoms with E-state index in [1.165, 1.54) is 16.8 Å². The molecule has 0 aliphatic carbocycles. The highest BCUT2D eigenvalue weighted by atomic mass is 16.2. The van der Waals surface area contributed by atoms with Crippen molar-refractivity contribution in [2.24, 2.45) is 5.92 Å². The Morgan fingerprint density at radius 1 is 0.903 bits per heavy atom. The maximum atomic E-state index is 12.9. The van der Waals surface area contributed by atoms with Gasteiger partial charge in [-0.25, -0.2) is 4.79 Å². The number of aromatic nitrogens is 2. The molecule has 1 aromatic heterocycles. The van der Waals surface area contributed by atoms with Gasteiger partial charge in [0, 0.05) is 12.3 Å². The summed E-state index contributed by atoms with van der Waals surface area (Å²) in [6, 6.07) is 20.5. The van der Waals surface area contributed by atoms with E-state index in [4.69, 9.17) is 0 Å². The molecule has 0 fully saturated rings. The van der Waals surface area contributed by atoms with Crippen LogP contribution in [0.2, 0.25) is 0 Å². The molecule has 3 rings (SSSR count). The summed E-state index contributed by atoms with van der Waals surface area (Å²) in [4.78, 5) is 38.1. The van der Waals surface area contributed by atoms with Gasteiger partial charge in [0.15, 0.2) is 0 Å². The Morgan fingerprint density at radius 2 is 1.52 bits per heavy atom. The van der Waals surface area contributed by atoms with Crippen molar-refractivity contribution < 1.29 is 4.79 Å². The van der Waals surface area contributed by atoms with Crippen LogP contribution in [0.3, 0.4) is 0 Å². The predicted octanol–water partition coefficient (Wildman–Crippen LogP) is 3.35. The van der Waals surface area contributed by atoms with Crippen LogP contribution in [0.1, 0.15) is 43.9 Å². The highest BCUT2D eigenvalue weighted by molar-refractivity contribution is 5.76. The number of hydrogen-bond acceptors (Lipinski definition) is 3. The lowest BCUT2D eigenvalue weighted by Gasteiger charge is -2.27. The lowest BCUT2D eigenvalue weighted by atomic mass is 9.89. The lowest BCUT2D eigenvalue weighted by molar-refractivity contribution is -0.123. The minimum absolute atomic E-state index is 0.172. The van der Waals surface area contributed by atoms with Gasteiger partial charge in [0.05, 0.1) is 12.6 Å². The first-order valence-corrected chi connectivity index (χ1v) is 10.7. The Bertz CT molecular complexity index is 1100. The molecule has 6 nitrogen and oxygen atoms in total. The van der Waals surface area contributed by atoms with E-state index in [1.807, 2.05) is 60.7 Å². The van der Waals surface area contributed by atoms with Crippen LogP contribution in [0, 0.1) is 5.92 Å². The molecule has 162 valence electrons. The summed E-state index contributed by atoms with van der Waals surface area (Å²) < 4.78 is 2.44. The van der Waals surface area contributed by atoms with Gasteiger partial charge < -0.3 is 5.32 Å². The van der Waals surface area contributed by atoms with Crippen molar-refractivity contribution in [3.8, 4) is 0 Å². The molecule has 1 N–H and O–H groups in total. The van der Waals surface area contributed by atoms with Gasteiger partial charge >= 0.3 is 5.69 Å². The molecular formula is C25H29N3O3. The summed E-state index contributed by atoms with van der Waals surface area (Å²) in [6.45, 7) is 4.22. The first kappa shape index (κ1) is 22.3. The molecule has 31 heavy (non-hydrogen) atoms. The molecule has 0 saturated carbocycles. The van der Waals surface area contributed by atoms with Crippen LogP contribution in [0.4, 0.5) is 0 Å². The molecule has 1 atom stereocenters. The topological polar surface area (TPSA) is 73.1 Å². The molecular weight excluding hydrogens is 390 g/mol. The molecule has 0 saturated heterocycles. The molecule has 3 aromatic rings. The summed E-state index contributed by atoms with van der Waals surface area (Å²) >= 11 is 0. The number of benzene rings is 2. The highest BCUT2D eigenvalue weighted by Gasteiger charge is 2.23. The van der Waals surface area contributed by atoms with Crippen molar-refractivity contribution in [3.05, 3.63) is 105 Å². The van der Waals surface area contributed by atoms with Gasteiger partial charge in [0.2, 0.25) is 5.91 Å². The average Bonchev–Trinajstić information content (AvgIpc) is 2.80. The lowest BCUT2D eigenvalue weighted by Crippen LogP contribution is -2.44. The number of amides is 1. The van der Waals surface area contributed by atoms with Crippen LogP contribution in [-0.2, 0) is 17.9 Å². The van der Waals surface area contributed by atoms with Crippen LogP contribution in [0.5, 0.6) is 0 Å². The molecule has 1 heterocycles. The van der Waals surface area contributed by atoms with E-state index in [2.05, 4.69) is 19.2 Å². The van der Waals surface area contributed by atoms with Crippen LogP contribution in [0.25, 0.3) is 0 Å². The Kier molecular flexibility index (Phi) is 7.60. The summed E-state index contributed by atoms with van der Waals surface area (Å²) in [5.74, 6) is -0.0917. The van der Waals surface area contributed by atoms with E-state index in [9.17, 15) is 14.4 Å². The van der Waals surface area contributed by atoms with Gasteiger partial charge in [-0.3, -0.25) is 18.7 Å². The number of carbonyl (C=O) groups is 1. The molecule has 1 unspecified atom stereocenters. The molecule has 1 amide bonds. The molecule has 2 aromatic carbocycles. The Labute approximate surface area is 182 Å². The van der Waals surface area contributed by atoms with Gasteiger partial charge in [-0.2, -0.15) is 0 Å². The van der Waals surface area contributed by atoms with Gasteiger partial charge in [-0.1, -0.05) is 87.4 Å². The van der Waals surface area contributed by atoms with Gasteiger partial charge in [-0.15, -0.1) is 0 Å². The number of rotatable bonds is 9. The Hall–Kier alpha value is -3.41. The molecule has 0 aliphatic heterocycles. The SMILES string of the molecule is CCC(CC)C(NC(=O)Cn1c(=O)ccn(Cc2ccccc2)c1=O)c1ccccc1. The van der Waals surface area contributed by atoms with Crippen molar-refractivity contribution in [2.45, 2.75) is 45.8 Å². The van der Waals surface area contributed by atoms with E-state index in [-0.39, 0.29) is 24.4 Å². The van der Waals surface area contributed by atoms with Gasteiger partial charge in [-0.05, 0) is 17.0 Å². The van der Waals surface area contributed by atoms with E-state index >= 15 is 0 Å². The second kappa shape index (κ2) is 10.6. The zero-order chi connectivity index (χ0) is 22.2. The number of nitrogens with one attached hydrogen (secondary N) is 1. The van der Waals surface area contributed by atoms with E-state index in [0.717, 1.165) is 28.5 Å². The van der Waals surface area contributed by atoms with Gasteiger partial charge in [0.25, 0.3) is 5.56 Å². The quantitative estimate of drug-likeness (QED) is 0.578. The van der Waals surface area contributed by atoms with Crippen molar-refractivity contribution in [2.75, 3.05) is 0 Å². The normalized spacial score (nSPS) is 12.0. The summed E-state index contributed by atoms with van der Waals surface area (Å²) in [5, 5.41) is 3.06. The standard InChI is InChI=1S/C25H29N3O3/c1-3-20(4-2)24(21-13-9-6-10-14-21)26-22(29)18-28-23(30)15-16-27(25(28)31)17-19-11-7-5-8-12-19/h5-16,20,24H,3-4,17-18H2,1-2H3,(H,26,29). The second-order valence-corrected chi connectivity index (χ2v) is 7.67. The maximum absolute atomic E-state index is 12.9. The zero-order valence-corrected chi connectivity index (χ0v) is 18.0. The van der Waals surface area contributed by atoms with Gasteiger partial charge in [0.1, 0.15) is 6.54 Å². The fraction of sp³-hybridized carbons (Fsp3) is 0.320. The molecule has 0 bridgehead atoms. The van der Waals surface area contributed by atoms with Crippen molar-refractivity contribution >= 4 is 5.91 Å². The average molecular weight is 420 g/mol. The summed E-state index contributed by atoms with van der Waals surface area (Å²) in [5.41, 5.74) is 0.983. The van der Waals surface area contributed by atoms with Crippen LogP contribution >= 0.6 is 0 Å². The first-order valence-electron chi connectivity index (χ1n) is 10.7. The largest absolute Gasteiger partial charge is 0.347 e. The van der Waals surface area contributed by atoms with E-state index < -0.39 is 11.2 Å². The van der Waals surface area contributed by atoms with Crippen molar-refractivity contribution in [3.63, 3.8) is 0 Å². The van der Waals surface area contributed by atoms with Crippen LogP contribution in [-0.4, -0.2) is 15.0 Å². The number of nitrogens with zero attached hydrogens (tertiary/aromatic N) is 2. The predicted molar refractivity (Wildman–Crippen MR) is 122 cm³/mol. The number of hydrogen-bond donors (Lipinski definition) is 1. The Balaban J connectivity index is 1.82. The highest BCUT2D eigenvalue weighted by Crippen LogP contribution is 2.27. The van der Waals surface area contributed by atoms with Crippen LogP contribution in [0.15, 0.2) is 82.5 Å². The fourth-order valence-electron chi connectivity index (χ4n) is 3.86. The fourth-order valence-corrected chi connectivity index (χ4v) is 3.86. The smallest absolute Gasteiger partial charge is 0.331 e. The van der Waals surface area contributed by atoms with Crippen LogP contribution < -0.4 is 16.6 Å². The monoisotopic (exact) mass is 419 g/mol. The summed E-state index contributed by atoms with van der Waals surface area (Å²) in [7, 11) is 0. The third kappa shape index (κ3) is 5.60. The number of carbonyl (C=O) groups excluding carboxylic acids is 1. The van der Waals surface area contributed by atoms with Crippen molar-refractivity contribution in [1.29, 1.82) is 0 Å². The second-order valence-electron chi connectivity index (χ2n) is 7.67. The minimum atomic E-state index is -0.495.